The average Bonchev–Trinajstić information content (AvgIpc) is 2.47. The van der Waals surface area contributed by atoms with Gasteiger partial charge >= 0.3 is 0 Å². The summed E-state index contributed by atoms with van der Waals surface area (Å²) in [6, 6.07) is 10.3. The van der Waals surface area contributed by atoms with Gasteiger partial charge in [-0.15, -0.1) is 0 Å². The number of nitrogens with two attached hydrogens (primary N) is 1. The Hall–Kier alpha value is -1.35. The van der Waals surface area contributed by atoms with E-state index in [2.05, 4.69) is 31.3 Å². The lowest BCUT2D eigenvalue weighted by atomic mass is 9.81. The molecule has 116 valence electrons. The van der Waals surface area contributed by atoms with Crippen LogP contribution in [0.2, 0.25) is 0 Å². The second kappa shape index (κ2) is 7.08. The van der Waals surface area contributed by atoms with Gasteiger partial charge in [0.25, 0.3) is 0 Å². The van der Waals surface area contributed by atoms with Crippen LogP contribution in [-0.2, 0) is 4.79 Å². The first-order valence-electron chi connectivity index (χ1n) is 8.16. The van der Waals surface area contributed by atoms with Crippen molar-refractivity contribution in [1.82, 2.24) is 5.32 Å². The van der Waals surface area contributed by atoms with Crippen molar-refractivity contribution in [1.29, 1.82) is 0 Å². The van der Waals surface area contributed by atoms with E-state index in [1.54, 1.807) is 0 Å². The topological polar surface area (TPSA) is 55.1 Å². The van der Waals surface area contributed by atoms with Gasteiger partial charge in [-0.05, 0) is 30.7 Å². The molecular formula is C18H28N2O. The molecule has 2 rings (SSSR count). The summed E-state index contributed by atoms with van der Waals surface area (Å²) in [5.41, 5.74) is 6.85. The zero-order chi connectivity index (χ0) is 15.3. The molecule has 1 aromatic carbocycles. The highest BCUT2D eigenvalue weighted by molar-refractivity contribution is 5.86. The van der Waals surface area contributed by atoms with E-state index in [1.807, 2.05) is 18.2 Å². The molecule has 0 saturated heterocycles. The van der Waals surface area contributed by atoms with E-state index >= 15 is 0 Å². The molecule has 3 heteroatoms. The highest BCUT2D eigenvalue weighted by Gasteiger charge is 2.36. The molecule has 21 heavy (non-hydrogen) atoms. The van der Waals surface area contributed by atoms with Crippen molar-refractivity contribution in [3.63, 3.8) is 0 Å². The second-order valence-electron chi connectivity index (χ2n) is 6.78. The van der Waals surface area contributed by atoms with Gasteiger partial charge in [0, 0.05) is 0 Å². The fourth-order valence-corrected chi connectivity index (χ4v) is 3.15. The molecule has 1 atom stereocenters. The summed E-state index contributed by atoms with van der Waals surface area (Å²) in [4.78, 5) is 12.6. The highest BCUT2D eigenvalue weighted by atomic mass is 16.2. The molecule has 0 aromatic heterocycles. The number of hydrogen-bond acceptors (Lipinski definition) is 2. The monoisotopic (exact) mass is 288 g/mol. The first-order chi connectivity index (χ1) is 10.0. The number of carbonyl (C=O) groups is 1. The third-order valence-electron chi connectivity index (χ3n) is 4.41. The molecule has 1 saturated carbocycles. The summed E-state index contributed by atoms with van der Waals surface area (Å²) in [7, 11) is 0. The van der Waals surface area contributed by atoms with Gasteiger partial charge in [-0.2, -0.15) is 0 Å². The Morgan fingerprint density at radius 1 is 1.19 bits per heavy atom. The predicted molar refractivity (Wildman–Crippen MR) is 86.8 cm³/mol. The number of benzene rings is 1. The normalized spacial score (nSPS) is 19.2. The van der Waals surface area contributed by atoms with E-state index in [0.29, 0.717) is 5.92 Å². The Labute approximate surface area is 128 Å². The summed E-state index contributed by atoms with van der Waals surface area (Å²) in [5.74, 6) is 0.548. The van der Waals surface area contributed by atoms with Crippen LogP contribution < -0.4 is 11.1 Å². The van der Waals surface area contributed by atoms with Gasteiger partial charge < -0.3 is 11.1 Å². The molecule has 0 heterocycles. The van der Waals surface area contributed by atoms with Crippen molar-refractivity contribution in [3.05, 3.63) is 35.9 Å². The first kappa shape index (κ1) is 16.0. The van der Waals surface area contributed by atoms with Crippen LogP contribution in [0.15, 0.2) is 30.3 Å². The van der Waals surface area contributed by atoms with E-state index in [9.17, 15) is 4.79 Å². The van der Waals surface area contributed by atoms with Gasteiger partial charge in [0.05, 0.1) is 11.6 Å². The summed E-state index contributed by atoms with van der Waals surface area (Å²) >= 11 is 0. The van der Waals surface area contributed by atoms with Crippen molar-refractivity contribution in [2.45, 2.75) is 64.0 Å². The average molecular weight is 288 g/mol. The third-order valence-corrected chi connectivity index (χ3v) is 4.41. The zero-order valence-corrected chi connectivity index (χ0v) is 13.3. The molecule has 0 spiro atoms. The molecule has 3 nitrogen and oxygen atoms in total. The Morgan fingerprint density at radius 3 is 2.38 bits per heavy atom. The van der Waals surface area contributed by atoms with Crippen molar-refractivity contribution in [2.75, 3.05) is 0 Å². The Bertz CT molecular complexity index is 450. The lowest BCUT2D eigenvalue weighted by Gasteiger charge is -2.34. The molecule has 1 aromatic rings. The maximum atomic E-state index is 12.6. The highest BCUT2D eigenvalue weighted by Crippen LogP contribution is 2.28. The molecule has 0 bridgehead atoms. The fourth-order valence-electron chi connectivity index (χ4n) is 3.15. The van der Waals surface area contributed by atoms with E-state index < -0.39 is 5.54 Å². The molecule has 1 unspecified atom stereocenters. The van der Waals surface area contributed by atoms with Crippen LogP contribution in [0.1, 0.15) is 64.0 Å². The molecule has 0 radical (unpaired) electrons. The summed E-state index contributed by atoms with van der Waals surface area (Å²) in [6.07, 6.45) is 5.87. The van der Waals surface area contributed by atoms with Crippen LogP contribution in [0.4, 0.5) is 0 Å². The summed E-state index contributed by atoms with van der Waals surface area (Å²) in [5, 5.41) is 3.21. The Balaban J connectivity index is 2.09. The van der Waals surface area contributed by atoms with Gasteiger partial charge in [0.15, 0.2) is 0 Å². The number of amides is 1. The molecule has 1 aliphatic rings. The maximum Gasteiger partial charge on any atom is 0.240 e. The minimum Gasteiger partial charge on any atom is -0.348 e. The lowest BCUT2D eigenvalue weighted by Crippen LogP contribution is -2.55. The van der Waals surface area contributed by atoms with Crippen molar-refractivity contribution in [3.8, 4) is 0 Å². The summed E-state index contributed by atoms with van der Waals surface area (Å²) in [6.45, 7) is 4.36. The molecule has 1 amide bonds. The number of nitrogens with one attached hydrogen (secondary N) is 1. The first-order valence-corrected chi connectivity index (χ1v) is 8.16. The molecular weight excluding hydrogens is 260 g/mol. The fraction of sp³-hybridized carbons (Fsp3) is 0.611. The van der Waals surface area contributed by atoms with Crippen molar-refractivity contribution < 1.29 is 4.79 Å². The van der Waals surface area contributed by atoms with Crippen LogP contribution in [0.3, 0.4) is 0 Å². The minimum atomic E-state index is -0.664. The maximum absolute atomic E-state index is 12.6. The van der Waals surface area contributed by atoms with Crippen LogP contribution >= 0.6 is 0 Å². The van der Waals surface area contributed by atoms with Gasteiger partial charge in [0.2, 0.25) is 5.91 Å². The quantitative estimate of drug-likeness (QED) is 0.870. The van der Waals surface area contributed by atoms with Gasteiger partial charge in [-0.25, -0.2) is 0 Å². The van der Waals surface area contributed by atoms with E-state index in [1.165, 1.54) is 12.0 Å². The predicted octanol–water partition coefficient (Wildman–Crippen LogP) is 3.55. The smallest absolute Gasteiger partial charge is 0.240 e. The van der Waals surface area contributed by atoms with Crippen LogP contribution in [0.5, 0.6) is 0 Å². The van der Waals surface area contributed by atoms with Gasteiger partial charge in [-0.1, -0.05) is 63.4 Å². The van der Waals surface area contributed by atoms with Crippen molar-refractivity contribution >= 4 is 5.91 Å². The molecule has 1 aliphatic carbocycles. The van der Waals surface area contributed by atoms with Crippen LogP contribution in [0.25, 0.3) is 0 Å². The van der Waals surface area contributed by atoms with E-state index in [0.717, 1.165) is 32.1 Å². The van der Waals surface area contributed by atoms with Gasteiger partial charge in [0.1, 0.15) is 0 Å². The van der Waals surface area contributed by atoms with Crippen molar-refractivity contribution in [2.24, 2.45) is 11.7 Å². The van der Waals surface area contributed by atoms with Crippen LogP contribution in [-0.4, -0.2) is 11.4 Å². The molecule has 3 N–H and O–H groups in total. The minimum absolute atomic E-state index is 0.0247. The molecule has 1 fully saturated rings. The van der Waals surface area contributed by atoms with E-state index in [4.69, 9.17) is 5.73 Å². The number of hydrogen-bond donors (Lipinski definition) is 2. The SMILES string of the molecule is CC(C)CC(NC(=O)C1(N)CCCCC1)c1ccccc1. The standard InChI is InChI=1S/C18H28N2O/c1-14(2)13-16(15-9-5-3-6-10-15)20-17(21)18(19)11-7-4-8-12-18/h3,5-6,9-10,14,16H,4,7-8,11-13,19H2,1-2H3,(H,20,21). The zero-order valence-electron chi connectivity index (χ0n) is 13.3. The molecule has 0 aliphatic heterocycles. The Kier molecular flexibility index (Phi) is 5.40. The van der Waals surface area contributed by atoms with Gasteiger partial charge in [-0.3, -0.25) is 4.79 Å². The third kappa shape index (κ3) is 4.31. The number of rotatable bonds is 5. The number of carbonyl (C=O) groups excluding carboxylic acids is 1. The summed E-state index contributed by atoms with van der Waals surface area (Å²) < 4.78 is 0. The lowest BCUT2D eigenvalue weighted by molar-refractivity contribution is -0.128. The largest absolute Gasteiger partial charge is 0.348 e. The van der Waals surface area contributed by atoms with Crippen LogP contribution in [0, 0.1) is 5.92 Å². The van der Waals surface area contributed by atoms with E-state index in [-0.39, 0.29) is 11.9 Å². The second-order valence-corrected chi connectivity index (χ2v) is 6.78. The Morgan fingerprint density at radius 2 is 1.81 bits per heavy atom.